The van der Waals surface area contributed by atoms with Crippen molar-refractivity contribution in [3.05, 3.63) is 11.1 Å². The van der Waals surface area contributed by atoms with E-state index in [4.69, 9.17) is 0 Å². The molecule has 0 amide bonds. The fourth-order valence-electron chi connectivity index (χ4n) is 5.29. The highest BCUT2D eigenvalue weighted by Gasteiger charge is 2.49. The van der Waals surface area contributed by atoms with Crippen LogP contribution in [-0.2, 0) is 0 Å². The molecule has 0 bridgehead atoms. The molecule has 0 N–H and O–H groups in total. The van der Waals surface area contributed by atoms with Gasteiger partial charge in [-0.05, 0) is 68.1 Å². The Morgan fingerprint density at radius 2 is 1.90 bits per heavy atom. The lowest BCUT2D eigenvalue weighted by atomic mass is 9.50. The second-order valence-electron chi connectivity index (χ2n) is 8.66. The minimum atomic E-state index is 0.511. The molecule has 0 radical (unpaired) electrons. The summed E-state index contributed by atoms with van der Waals surface area (Å²) in [6.45, 7) is 14.8. The molecular formula is C20H36. The highest BCUT2D eigenvalue weighted by molar-refractivity contribution is 5.27. The molecule has 1 unspecified atom stereocenters. The summed E-state index contributed by atoms with van der Waals surface area (Å²) in [6.07, 6.45) is 11.2. The Hall–Kier alpha value is -0.260. The molecule has 0 aromatic heterocycles. The smallest absolute Gasteiger partial charge is 0.00804 e. The minimum Gasteiger partial charge on any atom is -0.0735 e. The summed E-state index contributed by atoms with van der Waals surface area (Å²) in [5.41, 5.74) is 4.67. The van der Waals surface area contributed by atoms with E-state index in [-0.39, 0.29) is 0 Å². The van der Waals surface area contributed by atoms with Gasteiger partial charge in [0.05, 0.1) is 0 Å². The molecule has 2 aliphatic carbocycles. The first-order valence-corrected chi connectivity index (χ1v) is 9.00. The lowest BCUT2D eigenvalue weighted by Crippen LogP contribution is -2.45. The minimum absolute atomic E-state index is 0.511. The van der Waals surface area contributed by atoms with Gasteiger partial charge in [0.1, 0.15) is 0 Å². The summed E-state index contributed by atoms with van der Waals surface area (Å²) in [4.78, 5) is 0. The summed E-state index contributed by atoms with van der Waals surface area (Å²) in [7, 11) is 0. The average molecular weight is 277 g/mol. The van der Waals surface area contributed by atoms with Gasteiger partial charge in [-0.15, -0.1) is 0 Å². The third-order valence-corrected chi connectivity index (χ3v) is 6.83. The van der Waals surface area contributed by atoms with E-state index in [1.807, 2.05) is 5.57 Å². The van der Waals surface area contributed by atoms with E-state index in [1.54, 1.807) is 5.57 Å². The third-order valence-electron chi connectivity index (χ3n) is 6.83. The van der Waals surface area contributed by atoms with Crippen molar-refractivity contribution in [2.45, 2.75) is 92.9 Å². The summed E-state index contributed by atoms with van der Waals surface area (Å²) in [5.74, 6) is 1.80. The number of fused-ring (bicyclic) bond motifs is 1. The Morgan fingerprint density at radius 3 is 2.55 bits per heavy atom. The molecular weight excluding hydrogens is 240 g/mol. The maximum atomic E-state index is 2.60. The van der Waals surface area contributed by atoms with Crippen molar-refractivity contribution in [1.29, 1.82) is 0 Å². The van der Waals surface area contributed by atoms with E-state index in [1.165, 1.54) is 51.4 Å². The molecule has 116 valence electrons. The third kappa shape index (κ3) is 2.85. The first-order chi connectivity index (χ1) is 9.31. The molecule has 20 heavy (non-hydrogen) atoms. The Balaban J connectivity index is 2.24. The zero-order chi connectivity index (χ0) is 15.0. The Morgan fingerprint density at radius 1 is 1.20 bits per heavy atom. The van der Waals surface area contributed by atoms with Crippen molar-refractivity contribution in [3.63, 3.8) is 0 Å². The van der Waals surface area contributed by atoms with Crippen LogP contribution in [0.3, 0.4) is 0 Å². The molecule has 1 fully saturated rings. The topological polar surface area (TPSA) is 0 Å². The predicted molar refractivity (Wildman–Crippen MR) is 89.9 cm³/mol. The van der Waals surface area contributed by atoms with Crippen LogP contribution in [0.1, 0.15) is 92.9 Å². The molecule has 0 aliphatic heterocycles. The van der Waals surface area contributed by atoms with Crippen molar-refractivity contribution in [1.82, 2.24) is 0 Å². The summed E-state index contributed by atoms with van der Waals surface area (Å²) >= 11 is 0. The van der Waals surface area contributed by atoms with Gasteiger partial charge in [-0.2, -0.15) is 0 Å². The molecule has 0 heterocycles. The van der Waals surface area contributed by atoms with Gasteiger partial charge >= 0.3 is 0 Å². The van der Waals surface area contributed by atoms with Gasteiger partial charge in [0.15, 0.2) is 0 Å². The Kier molecular flexibility index (Phi) is 4.72. The quantitative estimate of drug-likeness (QED) is 0.498. The molecule has 0 heteroatoms. The van der Waals surface area contributed by atoms with Crippen LogP contribution in [0.25, 0.3) is 0 Å². The lowest BCUT2D eigenvalue weighted by Gasteiger charge is -2.55. The number of hydrogen-bond donors (Lipinski definition) is 0. The first kappa shape index (κ1) is 16.1. The molecule has 0 saturated heterocycles. The molecule has 1 saturated carbocycles. The Labute approximate surface area is 127 Å². The lowest BCUT2D eigenvalue weighted by molar-refractivity contribution is 0.00994. The highest BCUT2D eigenvalue weighted by Crippen LogP contribution is 2.60. The average Bonchev–Trinajstić information content (AvgIpc) is 2.36. The van der Waals surface area contributed by atoms with Crippen LogP contribution in [-0.4, -0.2) is 0 Å². The fraction of sp³-hybridized carbons (Fsp3) is 0.900. The molecule has 0 aromatic rings. The zero-order valence-corrected chi connectivity index (χ0v) is 14.8. The van der Waals surface area contributed by atoms with Gasteiger partial charge in [0, 0.05) is 0 Å². The van der Waals surface area contributed by atoms with E-state index in [0.717, 1.165) is 11.8 Å². The van der Waals surface area contributed by atoms with E-state index in [9.17, 15) is 0 Å². The van der Waals surface area contributed by atoms with E-state index in [0.29, 0.717) is 10.8 Å². The van der Waals surface area contributed by atoms with Crippen LogP contribution < -0.4 is 0 Å². The van der Waals surface area contributed by atoms with Gasteiger partial charge in [0.25, 0.3) is 0 Å². The van der Waals surface area contributed by atoms with Crippen LogP contribution >= 0.6 is 0 Å². The highest BCUT2D eigenvalue weighted by atomic mass is 14.5. The van der Waals surface area contributed by atoms with E-state index in [2.05, 4.69) is 41.5 Å². The number of rotatable bonds is 4. The molecule has 2 aliphatic rings. The Bertz CT molecular complexity index is 373. The first-order valence-electron chi connectivity index (χ1n) is 9.00. The zero-order valence-electron chi connectivity index (χ0n) is 14.8. The van der Waals surface area contributed by atoms with Crippen molar-refractivity contribution in [2.24, 2.45) is 22.7 Å². The van der Waals surface area contributed by atoms with Gasteiger partial charge in [0.2, 0.25) is 0 Å². The molecule has 3 atom stereocenters. The van der Waals surface area contributed by atoms with Crippen LogP contribution in [0.2, 0.25) is 0 Å². The second kappa shape index (κ2) is 5.85. The summed E-state index contributed by atoms with van der Waals surface area (Å²) in [6, 6.07) is 0. The predicted octanol–water partition coefficient (Wildman–Crippen LogP) is 6.76. The molecule has 0 nitrogen and oxygen atoms in total. The van der Waals surface area contributed by atoms with Gasteiger partial charge in [-0.25, -0.2) is 0 Å². The van der Waals surface area contributed by atoms with Gasteiger partial charge in [-0.1, -0.05) is 58.6 Å². The monoisotopic (exact) mass is 276 g/mol. The van der Waals surface area contributed by atoms with Crippen molar-refractivity contribution in [3.8, 4) is 0 Å². The summed E-state index contributed by atoms with van der Waals surface area (Å²) < 4.78 is 0. The normalized spacial score (nSPS) is 34.8. The molecule has 0 spiro atoms. The van der Waals surface area contributed by atoms with Crippen molar-refractivity contribution < 1.29 is 0 Å². The van der Waals surface area contributed by atoms with Gasteiger partial charge < -0.3 is 0 Å². The summed E-state index contributed by atoms with van der Waals surface area (Å²) in [5, 5.41) is 0. The van der Waals surface area contributed by atoms with Crippen LogP contribution in [0.4, 0.5) is 0 Å². The number of hydrogen-bond acceptors (Lipinski definition) is 0. The van der Waals surface area contributed by atoms with Crippen molar-refractivity contribution >= 4 is 0 Å². The largest absolute Gasteiger partial charge is 0.0735 e. The van der Waals surface area contributed by atoms with Gasteiger partial charge in [-0.3, -0.25) is 0 Å². The fourth-order valence-corrected chi connectivity index (χ4v) is 5.29. The van der Waals surface area contributed by atoms with Crippen LogP contribution in [0, 0.1) is 22.7 Å². The molecule has 2 rings (SSSR count). The maximum absolute atomic E-state index is 2.60. The molecule has 0 aromatic carbocycles. The van der Waals surface area contributed by atoms with Crippen LogP contribution in [0.15, 0.2) is 11.1 Å². The standard InChI is InChI=1S/C20H36/c1-7-15(2)9-11-17-16(3)10-12-18-19(4,5)13-8-14-20(17,18)6/h15,18H,7-14H2,1-6H3/t15-,18+,20?/m0/s1. The van der Waals surface area contributed by atoms with Crippen LogP contribution in [0.5, 0.6) is 0 Å². The van der Waals surface area contributed by atoms with E-state index < -0.39 is 0 Å². The second-order valence-corrected chi connectivity index (χ2v) is 8.66. The number of allylic oxidation sites excluding steroid dienone is 2. The SMILES string of the molecule is CC[C@H](C)CCC1=C(C)CC[C@@H]2C(C)(C)CCCC12C. The maximum Gasteiger partial charge on any atom is -0.00804 e. The van der Waals surface area contributed by atoms with E-state index >= 15 is 0 Å². The van der Waals surface area contributed by atoms with Crippen molar-refractivity contribution in [2.75, 3.05) is 0 Å².